The lowest BCUT2D eigenvalue weighted by molar-refractivity contribution is -0.135. The first-order valence-electron chi connectivity index (χ1n) is 18.5. The number of rotatable bonds is 10. The van der Waals surface area contributed by atoms with Gasteiger partial charge in [0.25, 0.3) is 0 Å². The molecule has 16 heteroatoms. The van der Waals surface area contributed by atoms with Crippen LogP contribution in [0.1, 0.15) is 100 Å². The van der Waals surface area contributed by atoms with E-state index in [1.807, 2.05) is 18.7 Å². The Morgan fingerprint density at radius 3 is 2.05 bits per heavy atom. The second-order valence-electron chi connectivity index (χ2n) is 14.9. The van der Waals surface area contributed by atoms with Crippen LogP contribution in [0.4, 0.5) is 9.59 Å². The second-order valence-corrected chi connectivity index (χ2v) is 17.0. The maximum atomic E-state index is 13.6. The molecule has 1 saturated heterocycles. The number of methoxy groups -OCH3 is 2. The number of hydrogen-bond acceptors (Lipinski definition) is 10. The monoisotopic (exact) mass is 804 g/mol. The van der Waals surface area contributed by atoms with E-state index in [1.165, 1.54) is 14.2 Å². The Balaban J connectivity index is 0.00000131. The van der Waals surface area contributed by atoms with Crippen molar-refractivity contribution in [3.8, 4) is 23.7 Å². The Hall–Kier alpha value is -5.32. The molecule has 4 amide bonds. The summed E-state index contributed by atoms with van der Waals surface area (Å²) in [5, 5.41) is 2.69. The molecule has 4 aromatic heterocycles. The van der Waals surface area contributed by atoms with Gasteiger partial charge in [0.15, 0.2) is 0 Å². The van der Waals surface area contributed by atoms with Crippen molar-refractivity contribution in [2.45, 2.75) is 79.9 Å². The molecular weight excluding hydrogens is 753 g/mol. The number of H-pyrrole nitrogens is 2. The summed E-state index contributed by atoms with van der Waals surface area (Å²) in [7, 11) is 2.51. The maximum absolute atomic E-state index is 13.6. The highest BCUT2D eigenvalue weighted by atomic mass is 32.1. The van der Waals surface area contributed by atoms with Gasteiger partial charge in [-0.1, -0.05) is 48.5 Å². The van der Waals surface area contributed by atoms with Crippen LogP contribution in [0.5, 0.6) is 0 Å². The molecule has 1 aliphatic heterocycles. The van der Waals surface area contributed by atoms with Gasteiger partial charge in [0.1, 0.15) is 29.1 Å². The van der Waals surface area contributed by atoms with Crippen molar-refractivity contribution in [2.24, 2.45) is 29.4 Å². The lowest BCUT2D eigenvalue weighted by Gasteiger charge is -2.30. The summed E-state index contributed by atoms with van der Waals surface area (Å²) in [5.41, 5.74) is 5.81. The first kappa shape index (κ1) is 43.4. The number of imidazole rings is 2. The van der Waals surface area contributed by atoms with E-state index in [9.17, 15) is 19.2 Å². The Bertz CT molecular complexity index is 2080. The summed E-state index contributed by atoms with van der Waals surface area (Å²) < 4.78 is 10.9. The summed E-state index contributed by atoms with van der Waals surface area (Å²) in [6.45, 7) is 15.9. The molecule has 5 N–H and O–H groups in total. The van der Waals surface area contributed by atoms with Crippen LogP contribution in [-0.4, -0.2) is 87.1 Å². The zero-order chi connectivity index (χ0) is 41.1. The molecule has 0 saturated carbocycles. The smallest absolute Gasteiger partial charge is 0.407 e. The summed E-state index contributed by atoms with van der Waals surface area (Å²) in [6, 6.07) is 3.23. The quantitative estimate of drug-likeness (QED) is 0.136. The molecule has 5 rings (SSSR count). The average molecular weight is 805 g/mol. The third-order valence-corrected chi connectivity index (χ3v) is 10.8. The third kappa shape index (κ3) is 12.3. The topological polar surface area (TPSA) is 189 Å². The molecule has 0 radical (unpaired) electrons. The van der Waals surface area contributed by atoms with Gasteiger partial charge >= 0.3 is 12.2 Å². The number of primary amides is 1. The highest BCUT2D eigenvalue weighted by Crippen LogP contribution is 2.35. The lowest BCUT2D eigenvalue weighted by Crippen LogP contribution is -2.51. The van der Waals surface area contributed by atoms with E-state index in [0.717, 1.165) is 31.4 Å². The van der Waals surface area contributed by atoms with E-state index < -0.39 is 18.2 Å². The van der Waals surface area contributed by atoms with Crippen molar-refractivity contribution < 1.29 is 28.7 Å². The standard InChI is InChI=1S/C38H47N7O4S2.C2H5NO2/c1-22(2)13-34(46)44(19-23(3)4)21-33-39-17-26(41-33)9-11-28-15-31-32(50-28)16-29(51-31)12-10-27-18-40-36(42-27)30-14-25(7)20-45(30)37(47)35(24(5)6)43-38(48)49-8;1-5-2(3)4/h15-18,22-25,30,35H,13-14,19-21H2,1-8H3,(H,39,41)(H,40,42)(H,43,48);1H3,(H2,3,4). The van der Waals surface area contributed by atoms with Gasteiger partial charge < -0.3 is 40.3 Å². The molecule has 5 heterocycles. The van der Waals surface area contributed by atoms with Gasteiger partial charge in [0.05, 0.1) is 49.0 Å². The molecular formula is C40H52N8O6S2. The van der Waals surface area contributed by atoms with Crippen molar-refractivity contribution in [3.05, 3.63) is 57.3 Å². The molecule has 0 aliphatic carbocycles. The Morgan fingerprint density at radius 1 is 0.929 bits per heavy atom. The molecule has 1 fully saturated rings. The summed E-state index contributed by atoms with van der Waals surface area (Å²) >= 11 is 3.23. The van der Waals surface area contributed by atoms with Crippen LogP contribution in [0.25, 0.3) is 9.40 Å². The number of thiophene rings is 2. The van der Waals surface area contributed by atoms with Crippen LogP contribution < -0.4 is 11.1 Å². The Labute approximate surface area is 336 Å². The van der Waals surface area contributed by atoms with E-state index in [4.69, 9.17) is 4.74 Å². The fraction of sp³-hybridized carbons (Fsp3) is 0.500. The number of aromatic nitrogens is 4. The number of likely N-dealkylation sites (tertiary alicyclic amines) is 1. The number of nitrogens with zero attached hydrogens (tertiary/aromatic N) is 4. The predicted octanol–water partition coefficient (Wildman–Crippen LogP) is 6.24. The number of carbonyl (C=O) groups is 4. The normalized spacial score (nSPS) is 15.4. The number of fused-ring (bicyclic) bond motifs is 1. The van der Waals surface area contributed by atoms with Gasteiger partial charge in [0.2, 0.25) is 11.8 Å². The molecule has 3 atom stereocenters. The first-order valence-corrected chi connectivity index (χ1v) is 20.1. The highest BCUT2D eigenvalue weighted by Gasteiger charge is 2.40. The zero-order valence-corrected chi connectivity index (χ0v) is 35.1. The third-order valence-electron chi connectivity index (χ3n) is 8.64. The van der Waals surface area contributed by atoms with E-state index >= 15 is 0 Å². The summed E-state index contributed by atoms with van der Waals surface area (Å²) in [4.78, 5) is 68.9. The van der Waals surface area contributed by atoms with Gasteiger partial charge in [-0.3, -0.25) is 9.59 Å². The van der Waals surface area contributed by atoms with Gasteiger partial charge in [0, 0.05) is 28.9 Å². The second kappa shape index (κ2) is 20.0. The van der Waals surface area contributed by atoms with Crippen LogP contribution in [0.2, 0.25) is 0 Å². The number of ether oxygens (including phenoxy) is 2. The van der Waals surface area contributed by atoms with Crippen LogP contribution in [0.3, 0.4) is 0 Å². The number of nitrogens with one attached hydrogen (secondary N) is 3. The van der Waals surface area contributed by atoms with Crippen LogP contribution >= 0.6 is 22.7 Å². The number of alkyl carbamates (subject to hydrolysis) is 1. The van der Waals surface area contributed by atoms with Crippen LogP contribution in [-0.2, 0) is 25.6 Å². The molecule has 56 heavy (non-hydrogen) atoms. The minimum atomic E-state index is -0.745. The largest absolute Gasteiger partial charge is 0.453 e. The molecule has 3 unspecified atom stereocenters. The number of carbonyl (C=O) groups excluding carboxylic acids is 4. The van der Waals surface area contributed by atoms with Gasteiger partial charge in [-0.2, -0.15) is 0 Å². The van der Waals surface area contributed by atoms with Gasteiger partial charge in [-0.15, -0.1) is 22.7 Å². The number of amides is 4. The minimum absolute atomic E-state index is 0.108. The Kier molecular flexibility index (Phi) is 15.5. The summed E-state index contributed by atoms with van der Waals surface area (Å²) in [6.07, 6.45) is 3.34. The summed E-state index contributed by atoms with van der Waals surface area (Å²) in [5.74, 6) is 15.1. The number of aromatic amines is 2. The predicted molar refractivity (Wildman–Crippen MR) is 218 cm³/mol. The SMILES string of the molecule is COC(=O)NC(C(=O)N1CC(C)CC1c1ncc(C#Cc2cc3sc(C#Cc4cnc(CN(CC(C)C)C(=O)CC(C)C)[nH]4)cc3s2)[nH]1)C(C)C.COC(N)=O. The van der Waals surface area contributed by atoms with E-state index in [-0.39, 0.29) is 29.7 Å². The molecule has 300 valence electrons. The van der Waals surface area contributed by atoms with E-state index in [0.29, 0.717) is 55.1 Å². The lowest BCUT2D eigenvalue weighted by atomic mass is 10.0. The van der Waals surface area contributed by atoms with Crippen LogP contribution in [0, 0.1) is 47.4 Å². The van der Waals surface area contributed by atoms with Crippen LogP contribution in [0.15, 0.2) is 24.5 Å². The average Bonchev–Trinajstić information content (AvgIpc) is 3.97. The Morgan fingerprint density at radius 2 is 1.52 bits per heavy atom. The molecule has 0 aromatic carbocycles. The zero-order valence-electron chi connectivity index (χ0n) is 33.4. The van der Waals surface area contributed by atoms with Crippen molar-refractivity contribution in [1.82, 2.24) is 35.1 Å². The van der Waals surface area contributed by atoms with Gasteiger partial charge in [-0.25, -0.2) is 19.6 Å². The maximum Gasteiger partial charge on any atom is 0.407 e. The molecule has 4 aromatic rings. The fourth-order valence-corrected chi connectivity index (χ4v) is 8.18. The molecule has 14 nitrogen and oxygen atoms in total. The fourth-order valence-electron chi connectivity index (χ4n) is 6.07. The minimum Gasteiger partial charge on any atom is -0.453 e. The molecule has 0 spiro atoms. The number of nitrogens with two attached hydrogens (primary N) is 1. The molecule has 0 bridgehead atoms. The van der Waals surface area contributed by atoms with Crippen molar-refractivity contribution >= 4 is 56.1 Å². The molecule has 1 aliphatic rings. The van der Waals surface area contributed by atoms with E-state index in [1.54, 1.807) is 40.0 Å². The van der Waals surface area contributed by atoms with Crippen molar-refractivity contribution in [1.29, 1.82) is 0 Å². The number of hydrogen-bond donors (Lipinski definition) is 4. The highest BCUT2D eigenvalue weighted by molar-refractivity contribution is 7.28. The van der Waals surface area contributed by atoms with Gasteiger partial charge in [-0.05, 0) is 65.9 Å². The first-order chi connectivity index (χ1) is 26.6. The van der Waals surface area contributed by atoms with Crippen molar-refractivity contribution in [3.63, 3.8) is 0 Å². The van der Waals surface area contributed by atoms with Crippen molar-refractivity contribution in [2.75, 3.05) is 27.3 Å². The van der Waals surface area contributed by atoms with E-state index in [2.05, 4.69) is 106 Å².